The van der Waals surface area contributed by atoms with Crippen LogP contribution in [0.4, 0.5) is 10.2 Å². The van der Waals surface area contributed by atoms with Gasteiger partial charge >= 0.3 is 0 Å². The van der Waals surface area contributed by atoms with Crippen LogP contribution < -0.4 is 5.32 Å². The van der Waals surface area contributed by atoms with Crippen LogP contribution in [0.15, 0.2) is 36.4 Å². The number of fused-ring (bicyclic) bond motifs is 1. The van der Waals surface area contributed by atoms with Gasteiger partial charge in [0.25, 0.3) is 0 Å². The smallest absolute Gasteiger partial charge is 0.188 e. The highest BCUT2D eigenvalue weighted by molar-refractivity contribution is 5.60. The highest BCUT2D eigenvalue weighted by Gasteiger charge is 2.40. The third-order valence-electron chi connectivity index (χ3n) is 4.73. The minimum atomic E-state index is -0.329. The molecule has 1 aliphatic carbocycles. The lowest BCUT2D eigenvalue weighted by Gasteiger charge is -2.13. The number of benzene rings is 1. The van der Waals surface area contributed by atoms with Crippen molar-refractivity contribution in [3.63, 3.8) is 0 Å². The average molecular weight is 311 g/mol. The molecule has 4 rings (SSSR count). The zero-order valence-corrected chi connectivity index (χ0v) is 13.0. The second-order valence-electron chi connectivity index (χ2n) is 6.20. The summed E-state index contributed by atoms with van der Waals surface area (Å²) in [6.45, 7) is 3.14. The van der Waals surface area contributed by atoms with Crippen LogP contribution in [-0.2, 0) is 0 Å². The molecule has 0 amide bonds. The normalized spacial score (nSPS) is 15.7. The molecular formula is C17H18FN5. The van der Waals surface area contributed by atoms with Crippen molar-refractivity contribution in [2.24, 2.45) is 5.41 Å². The van der Waals surface area contributed by atoms with Crippen molar-refractivity contribution in [3.05, 3.63) is 42.2 Å². The third kappa shape index (κ3) is 2.54. The fourth-order valence-corrected chi connectivity index (χ4v) is 2.80. The summed E-state index contributed by atoms with van der Waals surface area (Å²) in [6.07, 6.45) is 3.72. The molecule has 0 saturated heterocycles. The number of anilines is 1. The lowest BCUT2D eigenvalue weighted by atomic mass is 10.0. The molecule has 1 aliphatic rings. The van der Waals surface area contributed by atoms with Crippen molar-refractivity contribution in [2.75, 3.05) is 11.9 Å². The van der Waals surface area contributed by atoms with Crippen molar-refractivity contribution in [2.45, 2.75) is 26.2 Å². The molecule has 6 heteroatoms. The zero-order chi connectivity index (χ0) is 15.9. The van der Waals surface area contributed by atoms with E-state index in [1.54, 1.807) is 22.7 Å². The number of aromatic nitrogens is 4. The Morgan fingerprint density at radius 3 is 2.74 bits per heavy atom. The largest absolute Gasteiger partial charge is 0.368 e. The van der Waals surface area contributed by atoms with E-state index in [1.165, 1.54) is 25.3 Å². The lowest BCUT2D eigenvalue weighted by molar-refractivity contribution is 0.520. The SMILES string of the molecule is CCC1(CNc2ccc3nnc(-c4ccccc4F)n3n2)CC1. The molecule has 1 aromatic carbocycles. The number of rotatable bonds is 5. The number of nitrogens with zero attached hydrogens (tertiary/aromatic N) is 4. The Labute approximate surface area is 133 Å². The summed E-state index contributed by atoms with van der Waals surface area (Å²) in [4.78, 5) is 0. The Balaban J connectivity index is 1.68. The predicted molar refractivity (Wildman–Crippen MR) is 86.6 cm³/mol. The molecule has 5 nitrogen and oxygen atoms in total. The van der Waals surface area contributed by atoms with Gasteiger partial charge < -0.3 is 5.32 Å². The number of hydrogen-bond acceptors (Lipinski definition) is 4. The van der Waals surface area contributed by atoms with Gasteiger partial charge in [0, 0.05) is 6.54 Å². The molecule has 1 N–H and O–H groups in total. The summed E-state index contributed by atoms with van der Waals surface area (Å²) in [5.74, 6) is 0.845. The zero-order valence-electron chi connectivity index (χ0n) is 13.0. The van der Waals surface area contributed by atoms with E-state index >= 15 is 0 Å². The first kappa shape index (κ1) is 14.1. The van der Waals surface area contributed by atoms with E-state index < -0.39 is 0 Å². The Hall–Kier alpha value is -2.50. The maximum absolute atomic E-state index is 14.0. The average Bonchev–Trinajstić information content (AvgIpc) is 3.25. The second-order valence-corrected chi connectivity index (χ2v) is 6.20. The van der Waals surface area contributed by atoms with E-state index in [1.807, 2.05) is 12.1 Å². The molecule has 1 fully saturated rings. The molecule has 0 spiro atoms. The summed E-state index contributed by atoms with van der Waals surface area (Å²) < 4.78 is 15.6. The highest BCUT2D eigenvalue weighted by atomic mass is 19.1. The number of nitrogens with one attached hydrogen (secondary N) is 1. The fourth-order valence-electron chi connectivity index (χ4n) is 2.80. The van der Waals surface area contributed by atoms with Crippen LogP contribution in [0.2, 0.25) is 0 Å². The standard InChI is InChI=1S/C17H18FN5/c1-2-17(9-10-17)11-19-14-7-8-15-20-21-16(23(15)22-14)12-5-3-4-6-13(12)18/h3-8H,2,9-11H2,1H3,(H,19,22). The van der Waals surface area contributed by atoms with Gasteiger partial charge in [-0.05, 0) is 48.9 Å². The topological polar surface area (TPSA) is 55.1 Å². The molecule has 0 atom stereocenters. The Kier molecular flexibility index (Phi) is 3.25. The molecule has 2 aromatic heterocycles. The van der Waals surface area contributed by atoms with Gasteiger partial charge in [-0.1, -0.05) is 19.1 Å². The van der Waals surface area contributed by atoms with Crippen LogP contribution in [-0.4, -0.2) is 26.4 Å². The molecule has 23 heavy (non-hydrogen) atoms. The fraction of sp³-hybridized carbons (Fsp3) is 0.353. The molecular weight excluding hydrogens is 293 g/mol. The third-order valence-corrected chi connectivity index (χ3v) is 4.73. The van der Waals surface area contributed by atoms with E-state index in [0.29, 0.717) is 22.5 Å². The summed E-state index contributed by atoms with van der Waals surface area (Å²) in [6, 6.07) is 10.3. The molecule has 0 aliphatic heterocycles. The van der Waals surface area contributed by atoms with E-state index in [-0.39, 0.29) is 5.82 Å². The van der Waals surface area contributed by atoms with Crippen LogP contribution in [0.25, 0.3) is 17.0 Å². The van der Waals surface area contributed by atoms with Gasteiger partial charge in [-0.25, -0.2) is 4.39 Å². The first-order valence-corrected chi connectivity index (χ1v) is 7.92. The van der Waals surface area contributed by atoms with Gasteiger partial charge in [0.15, 0.2) is 11.5 Å². The first-order chi connectivity index (χ1) is 11.2. The van der Waals surface area contributed by atoms with Crippen molar-refractivity contribution < 1.29 is 4.39 Å². The predicted octanol–water partition coefficient (Wildman–Crippen LogP) is 3.53. The van der Waals surface area contributed by atoms with Gasteiger partial charge in [0.05, 0.1) is 5.56 Å². The van der Waals surface area contributed by atoms with Gasteiger partial charge in [0.2, 0.25) is 0 Å². The maximum atomic E-state index is 14.0. The Morgan fingerprint density at radius 1 is 1.17 bits per heavy atom. The highest BCUT2D eigenvalue weighted by Crippen LogP contribution is 2.48. The van der Waals surface area contributed by atoms with Crippen LogP contribution in [0.3, 0.4) is 0 Å². The van der Waals surface area contributed by atoms with Crippen LogP contribution in [0.5, 0.6) is 0 Å². The molecule has 0 unspecified atom stereocenters. The molecule has 2 heterocycles. The van der Waals surface area contributed by atoms with Gasteiger partial charge in [-0.15, -0.1) is 15.3 Å². The maximum Gasteiger partial charge on any atom is 0.188 e. The first-order valence-electron chi connectivity index (χ1n) is 7.92. The molecule has 0 bridgehead atoms. The Bertz CT molecular complexity index is 853. The van der Waals surface area contributed by atoms with Gasteiger partial charge in [-0.3, -0.25) is 0 Å². The summed E-state index contributed by atoms with van der Waals surface area (Å²) >= 11 is 0. The minimum Gasteiger partial charge on any atom is -0.368 e. The van der Waals surface area contributed by atoms with Gasteiger partial charge in [0.1, 0.15) is 11.6 Å². The lowest BCUT2D eigenvalue weighted by Crippen LogP contribution is -2.15. The number of halogens is 1. The minimum absolute atomic E-state index is 0.329. The van der Waals surface area contributed by atoms with Crippen LogP contribution >= 0.6 is 0 Å². The molecule has 3 aromatic rings. The van der Waals surface area contributed by atoms with Crippen molar-refractivity contribution >= 4 is 11.5 Å². The molecule has 0 radical (unpaired) electrons. The Morgan fingerprint density at radius 2 is 2.00 bits per heavy atom. The van der Waals surface area contributed by atoms with E-state index in [2.05, 4.69) is 27.5 Å². The van der Waals surface area contributed by atoms with Crippen LogP contribution in [0, 0.1) is 11.2 Å². The van der Waals surface area contributed by atoms with Crippen molar-refractivity contribution in [1.29, 1.82) is 0 Å². The number of hydrogen-bond donors (Lipinski definition) is 1. The quantitative estimate of drug-likeness (QED) is 0.783. The second kappa shape index (κ2) is 5.30. The van der Waals surface area contributed by atoms with E-state index in [9.17, 15) is 4.39 Å². The summed E-state index contributed by atoms with van der Waals surface area (Å²) in [5.41, 5.74) is 1.43. The molecule has 118 valence electrons. The van der Waals surface area contributed by atoms with Crippen LogP contribution in [0.1, 0.15) is 26.2 Å². The van der Waals surface area contributed by atoms with E-state index in [4.69, 9.17) is 0 Å². The summed E-state index contributed by atoms with van der Waals surface area (Å²) in [5, 5.41) is 16.1. The monoisotopic (exact) mass is 311 g/mol. The molecule has 1 saturated carbocycles. The summed E-state index contributed by atoms with van der Waals surface area (Å²) in [7, 11) is 0. The van der Waals surface area contributed by atoms with Gasteiger partial charge in [-0.2, -0.15) is 4.52 Å². The van der Waals surface area contributed by atoms with Crippen molar-refractivity contribution in [1.82, 2.24) is 19.8 Å². The van der Waals surface area contributed by atoms with Crippen molar-refractivity contribution in [3.8, 4) is 11.4 Å². The van der Waals surface area contributed by atoms with E-state index in [0.717, 1.165) is 12.4 Å².